The lowest BCUT2D eigenvalue weighted by molar-refractivity contribution is -0.138. The summed E-state index contributed by atoms with van der Waals surface area (Å²) in [5, 5.41) is 20.7. The minimum atomic E-state index is -0.833. The van der Waals surface area contributed by atoms with Crippen LogP contribution in [0.4, 0.5) is 0 Å². The molecular weight excluding hydrogens is 246 g/mol. The summed E-state index contributed by atoms with van der Waals surface area (Å²) in [5.41, 5.74) is 0.0153. The second-order valence-electron chi connectivity index (χ2n) is 6.29. The Labute approximate surface area is 113 Å². The number of nitrogens with zero attached hydrogens (tertiary/aromatic N) is 5. The van der Waals surface area contributed by atoms with Gasteiger partial charge in [-0.1, -0.05) is 20.8 Å². The van der Waals surface area contributed by atoms with E-state index in [-0.39, 0.29) is 17.9 Å². The first-order valence-corrected chi connectivity index (χ1v) is 6.32. The molecule has 7 heteroatoms. The van der Waals surface area contributed by atoms with Crippen molar-refractivity contribution in [3.63, 3.8) is 0 Å². The van der Waals surface area contributed by atoms with Gasteiger partial charge in [0.25, 0.3) is 0 Å². The minimum absolute atomic E-state index is 0.0153. The molecule has 7 nitrogen and oxygen atoms in total. The molecular formula is C12H23N5O2. The van der Waals surface area contributed by atoms with E-state index in [0.29, 0.717) is 18.8 Å². The van der Waals surface area contributed by atoms with E-state index in [0.717, 1.165) is 0 Å². The first kappa shape index (κ1) is 15.6. The van der Waals surface area contributed by atoms with E-state index in [1.165, 1.54) is 0 Å². The van der Waals surface area contributed by atoms with Crippen molar-refractivity contribution in [1.82, 2.24) is 25.1 Å². The van der Waals surface area contributed by atoms with E-state index in [9.17, 15) is 4.79 Å². The van der Waals surface area contributed by atoms with E-state index >= 15 is 0 Å². The largest absolute Gasteiger partial charge is 0.481 e. The van der Waals surface area contributed by atoms with Crippen molar-refractivity contribution in [2.24, 2.45) is 5.41 Å². The second kappa shape index (κ2) is 6.10. The van der Waals surface area contributed by atoms with Crippen LogP contribution in [0.5, 0.6) is 0 Å². The zero-order valence-corrected chi connectivity index (χ0v) is 12.3. The molecule has 1 heterocycles. The second-order valence-corrected chi connectivity index (χ2v) is 6.29. The molecule has 0 radical (unpaired) electrons. The van der Waals surface area contributed by atoms with Gasteiger partial charge in [-0.05, 0) is 36.4 Å². The molecule has 0 aromatic carbocycles. The number of hydrogen-bond donors (Lipinski definition) is 1. The van der Waals surface area contributed by atoms with Crippen LogP contribution in [0.15, 0.2) is 0 Å². The van der Waals surface area contributed by atoms with Crippen molar-refractivity contribution in [1.29, 1.82) is 0 Å². The number of carboxylic acid groups (broad SMARTS) is 1. The molecule has 1 unspecified atom stereocenters. The summed E-state index contributed by atoms with van der Waals surface area (Å²) in [6, 6.07) is -0.220. The fourth-order valence-corrected chi connectivity index (χ4v) is 2.04. The molecule has 1 N–H and O–H groups in total. The van der Waals surface area contributed by atoms with Crippen LogP contribution >= 0.6 is 0 Å². The number of hydrogen-bond acceptors (Lipinski definition) is 5. The lowest BCUT2D eigenvalue weighted by Crippen LogP contribution is -2.25. The summed E-state index contributed by atoms with van der Waals surface area (Å²) < 4.78 is 1.65. The molecule has 0 bridgehead atoms. The molecule has 0 aliphatic heterocycles. The quantitative estimate of drug-likeness (QED) is 0.835. The highest BCUT2D eigenvalue weighted by Crippen LogP contribution is 2.29. The molecule has 0 aliphatic rings. The summed E-state index contributed by atoms with van der Waals surface area (Å²) in [5.74, 6) is -0.138. The van der Waals surface area contributed by atoms with Crippen LogP contribution in [0.1, 0.15) is 45.5 Å². The van der Waals surface area contributed by atoms with Crippen LogP contribution < -0.4 is 0 Å². The Morgan fingerprint density at radius 1 is 1.42 bits per heavy atom. The van der Waals surface area contributed by atoms with Crippen LogP contribution in [-0.4, -0.2) is 50.3 Å². The van der Waals surface area contributed by atoms with E-state index in [4.69, 9.17) is 5.11 Å². The predicted octanol–water partition coefficient (Wildman–Crippen LogP) is 1.19. The topological polar surface area (TPSA) is 84.1 Å². The maximum Gasteiger partial charge on any atom is 0.305 e. The summed E-state index contributed by atoms with van der Waals surface area (Å²) in [6.45, 7) is 6.83. The highest BCUT2D eigenvalue weighted by molar-refractivity contribution is 5.67. The van der Waals surface area contributed by atoms with Crippen molar-refractivity contribution in [3.05, 3.63) is 5.82 Å². The number of tetrazole rings is 1. The average Bonchev–Trinajstić information content (AvgIpc) is 2.60. The molecule has 1 aromatic heterocycles. The van der Waals surface area contributed by atoms with Crippen molar-refractivity contribution in [2.45, 2.75) is 46.2 Å². The number of carbonyl (C=O) groups is 1. The van der Waals surface area contributed by atoms with Gasteiger partial charge in [-0.2, -0.15) is 0 Å². The third-order valence-corrected chi connectivity index (χ3v) is 2.62. The van der Waals surface area contributed by atoms with Crippen LogP contribution in [0, 0.1) is 5.41 Å². The van der Waals surface area contributed by atoms with Gasteiger partial charge in [-0.15, -0.1) is 5.10 Å². The Morgan fingerprint density at radius 3 is 2.53 bits per heavy atom. The minimum Gasteiger partial charge on any atom is -0.481 e. The van der Waals surface area contributed by atoms with Gasteiger partial charge in [0.2, 0.25) is 0 Å². The smallest absolute Gasteiger partial charge is 0.305 e. The molecule has 1 aromatic rings. The zero-order chi connectivity index (χ0) is 14.6. The van der Waals surface area contributed by atoms with Crippen molar-refractivity contribution >= 4 is 5.97 Å². The zero-order valence-electron chi connectivity index (χ0n) is 12.3. The molecule has 0 saturated heterocycles. The average molecular weight is 269 g/mol. The van der Waals surface area contributed by atoms with Gasteiger partial charge in [-0.25, -0.2) is 4.68 Å². The molecule has 0 saturated carbocycles. The van der Waals surface area contributed by atoms with Gasteiger partial charge in [0.1, 0.15) is 0 Å². The van der Waals surface area contributed by atoms with Gasteiger partial charge in [0.05, 0.1) is 19.0 Å². The summed E-state index contributed by atoms with van der Waals surface area (Å²) in [7, 11) is 3.85. The lowest BCUT2D eigenvalue weighted by Gasteiger charge is -2.25. The van der Waals surface area contributed by atoms with Gasteiger partial charge in [0, 0.05) is 0 Å². The fraction of sp³-hybridized carbons (Fsp3) is 0.833. The number of carboxylic acids is 1. The third kappa shape index (κ3) is 5.34. The standard InChI is InChI=1S/C12H23N5O2/c1-12(2,3)7-9(6-11(18)19)17-10(8-16(4)5)13-14-15-17/h9H,6-8H2,1-5H3,(H,18,19). The van der Waals surface area contributed by atoms with E-state index in [1.807, 2.05) is 19.0 Å². The molecule has 1 atom stereocenters. The Balaban J connectivity index is 2.96. The van der Waals surface area contributed by atoms with Gasteiger partial charge in [-0.3, -0.25) is 4.79 Å². The molecule has 108 valence electrons. The Morgan fingerprint density at radius 2 is 2.05 bits per heavy atom. The number of aromatic nitrogens is 4. The molecule has 0 fully saturated rings. The van der Waals surface area contributed by atoms with Crippen LogP contribution in [-0.2, 0) is 11.3 Å². The summed E-state index contributed by atoms with van der Waals surface area (Å²) >= 11 is 0. The third-order valence-electron chi connectivity index (χ3n) is 2.62. The first-order chi connectivity index (χ1) is 8.69. The van der Waals surface area contributed by atoms with Gasteiger partial charge >= 0.3 is 5.97 Å². The van der Waals surface area contributed by atoms with E-state index < -0.39 is 5.97 Å². The van der Waals surface area contributed by atoms with Crippen LogP contribution in [0.2, 0.25) is 0 Å². The Kier molecular flexibility index (Phi) is 4.99. The summed E-state index contributed by atoms with van der Waals surface area (Å²) in [6.07, 6.45) is 0.744. The fourth-order valence-electron chi connectivity index (χ4n) is 2.04. The normalized spacial score (nSPS) is 13.8. The predicted molar refractivity (Wildman–Crippen MR) is 70.6 cm³/mol. The van der Waals surface area contributed by atoms with Crippen LogP contribution in [0.25, 0.3) is 0 Å². The highest BCUT2D eigenvalue weighted by Gasteiger charge is 2.25. The highest BCUT2D eigenvalue weighted by atomic mass is 16.4. The maximum atomic E-state index is 11.0. The molecule has 0 spiro atoms. The molecule has 0 aliphatic carbocycles. The van der Waals surface area contributed by atoms with Crippen molar-refractivity contribution in [2.75, 3.05) is 14.1 Å². The van der Waals surface area contributed by atoms with E-state index in [1.54, 1.807) is 4.68 Å². The molecule has 1 rings (SSSR count). The maximum absolute atomic E-state index is 11.0. The van der Waals surface area contributed by atoms with E-state index in [2.05, 4.69) is 36.3 Å². The number of aliphatic carboxylic acids is 1. The van der Waals surface area contributed by atoms with Gasteiger partial charge < -0.3 is 10.0 Å². The summed E-state index contributed by atoms with van der Waals surface area (Å²) in [4.78, 5) is 13.0. The van der Waals surface area contributed by atoms with Crippen LogP contribution in [0.3, 0.4) is 0 Å². The SMILES string of the molecule is CN(C)Cc1nnnn1C(CC(=O)O)CC(C)(C)C. The van der Waals surface area contributed by atoms with Crippen molar-refractivity contribution in [3.8, 4) is 0 Å². The first-order valence-electron chi connectivity index (χ1n) is 6.32. The lowest BCUT2D eigenvalue weighted by atomic mass is 9.87. The molecule has 19 heavy (non-hydrogen) atoms. The Bertz CT molecular complexity index is 422. The van der Waals surface area contributed by atoms with Crippen molar-refractivity contribution < 1.29 is 9.90 Å². The monoisotopic (exact) mass is 269 g/mol. The Hall–Kier alpha value is -1.50. The van der Waals surface area contributed by atoms with Gasteiger partial charge in [0.15, 0.2) is 5.82 Å². The molecule has 0 amide bonds. The number of rotatable bonds is 6.